The molecular formula is C23H20BrCl2N5O3. The van der Waals surface area contributed by atoms with E-state index in [0.29, 0.717) is 50.8 Å². The van der Waals surface area contributed by atoms with E-state index < -0.39 is 0 Å². The second-order valence-corrected chi connectivity index (χ2v) is 8.97. The number of nitrogens with one attached hydrogen (secondary N) is 2. The number of aromatic nitrogens is 3. The van der Waals surface area contributed by atoms with Crippen molar-refractivity contribution in [2.24, 2.45) is 7.05 Å². The summed E-state index contributed by atoms with van der Waals surface area (Å²) < 4.78 is 13.7. The van der Waals surface area contributed by atoms with Gasteiger partial charge in [-0.15, -0.1) is 0 Å². The normalized spacial score (nSPS) is 11.0. The summed E-state index contributed by atoms with van der Waals surface area (Å²) in [5.74, 6) is 0.573. The number of hydrogen-bond acceptors (Lipinski definition) is 6. The lowest BCUT2D eigenvalue weighted by Crippen LogP contribution is -2.15. The Balaban J connectivity index is 1.72. The summed E-state index contributed by atoms with van der Waals surface area (Å²) in [5.41, 5.74) is 2.82. The van der Waals surface area contributed by atoms with Crippen LogP contribution in [0.25, 0.3) is 11.0 Å². The quantitative estimate of drug-likeness (QED) is 0.253. The van der Waals surface area contributed by atoms with Gasteiger partial charge in [0.1, 0.15) is 12.4 Å². The van der Waals surface area contributed by atoms with E-state index >= 15 is 0 Å². The maximum atomic E-state index is 13.1. The van der Waals surface area contributed by atoms with Gasteiger partial charge in [-0.05, 0) is 30.3 Å². The summed E-state index contributed by atoms with van der Waals surface area (Å²) in [7, 11) is 3.42. The predicted molar refractivity (Wildman–Crippen MR) is 138 cm³/mol. The van der Waals surface area contributed by atoms with Crippen LogP contribution < -0.4 is 15.4 Å². The molecule has 2 aromatic heterocycles. The molecule has 0 saturated carbocycles. The van der Waals surface area contributed by atoms with E-state index in [1.807, 2.05) is 23.7 Å². The van der Waals surface area contributed by atoms with Crippen molar-refractivity contribution in [3.63, 3.8) is 0 Å². The monoisotopic (exact) mass is 563 g/mol. The van der Waals surface area contributed by atoms with Crippen molar-refractivity contribution >= 4 is 73.4 Å². The van der Waals surface area contributed by atoms with E-state index in [1.165, 1.54) is 12.4 Å². The van der Waals surface area contributed by atoms with Gasteiger partial charge in [0.15, 0.2) is 0 Å². The number of halogens is 3. The number of carbonyl (C=O) groups is 1. The summed E-state index contributed by atoms with van der Waals surface area (Å²) in [6, 6.07) is 10.8. The molecule has 0 aliphatic carbocycles. The minimum atomic E-state index is -0.322. The van der Waals surface area contributed by atoms with Crippen LogP contribution in [-0.2, 0) is 11.8 Å². The van der Waals surface area contributed by atoms with E-state index in [0.717, 1.165) is 9.99 Å². The molecule has 176 valence electrons. The maximum absolute atomic E-state index is 13.1. The van der Waals surface area contributed by atoms with E-state index in [-0.39, 0.29) is 12.5 Å². The number of rotatable bonds is 8. The van der Waals surface area contributed by atoms with Crippen molar-refractivity contribution in [3.8, 4) is 5.75 Å². The smallest absolute Gasteiger partial charge is 0.259 e. The van der Waals surface area contributed by atoms with Gasteiger partial charge >= 0.3 is 0 Å². The first-order valence-corrected chi connectivity index (χ1v) is 11.7. The Morgan fingerprint density at radius 3 is 2.50 bits per heavy atom. The Kier molecular flexibility index (Phi) is 7.57. The number of hydrogen-bond donors (Lipinski definition) is 2. The fourth-order valence-corrected chi connectivity index (χ4v) is 3.96. The van der Waals surface area contributed by atoms with Crippen molar-refractivity contribution in [2.75, 3.05) is 31.0 Å². The molecule has 0 aliphatic rings. The molecule has 0 saturated heterocycles. The van der Waals surface area contributed by atoms with Crippen LogP contribution in [0.4, 0.5) is 17.3 Å². The van der Waals surface area contributed by atoms with Gasteiger partial charge in [0.2, 0.25) is 5.95 Å². The Labute approximate surface area is 214 Å². The van der Waals surface area contributed by atoms with Crippen molar-refractivity contribution in [1.82, 2.24) is 14.5 Å². The third-order valence-electron chi connectivity index (χ3n) is 4.96. The van der Waals surface area contributed by atoms with Gasteiger partial charge in [-0.25, -0.2) is 4.98 Å². The van der Waals surface area contributed by atoms with Crippen LogP contribution >= 0.6 is 39.1 Å². The van der Waals surface area contributed by atoms with Gasteiger partial charge in [-0.1, -0.05) is 39.1 Å². The molecule has 2 heterocycles. The summed E-state index contributed by atoms with van der Waals surface area (Å²) in [6.07, 6.45) is 2.98. The predicted octanol–water partition coefficient (Wildman–Crippen LogP) is 6.06. The highest BCUT2D eigenvalue weighted by atomic mass is 79.9. The maximum Gasteiger partial charge on any atom is 0.259 e. The standard InChI is InChI=1S/C23H20BrCl2N5O3/c1-31-19-10-20(34-8-7-33-2)15(22(32)28-14-5-3-13(24)4-6-14)9-18(19)29-23(31)30-21-16(25)11-27-12-17(21)26/h3-6,9-12H,7-8H2,1-2H3,(H,28,32)(H,27,29,30). The molecule has 0 atom stereocenters. The molecule has 0 radical (unpaired) electrons. The van der Waals surface area contributed by atoms with Gasteiger partial charge in [-0.3, -0.25) is 9.78 Å². The van der Waals surface area contributed by atoms with Crippen LogP contribution in [0.3, 0.4) is 0 Å². The SMILES string of the molecule is COCCOc1cc2c(cc1C(=O)Nc1ccc(Br)cc1)nc(Nc1c(Cl)cncc1Cl)n2C. The van der Waals surface area contributed by atoms with E-state index in [4.69, 9.17) is 32.7 Å². The fraction of sp³-hybridized carbons (Fsp3) is 0.174. The van der Waals surface area contributed by atoms with Gasteiger partial charge in [0, 0.05) is 42.8 Å². The topological polar surface area (TPSA) is 90.3 Å². The van der Waals surface area contributed by atoms with Gasteiger partial charge in [0.25, 0.3) is 5.91 Å². The second kappa shape index (κ2) is 10.6. The first-order valence-electron chi connectivity index (χ1n) is 10.1. The Morgan fingerprint density at radius 1 is 1.12 bits per heavy atom. The van der Waals surface area contributed by atoms with Gasteiger partial charge in [0.05, 0.1) is 38.9 Å². The zero-order valence-corrected chi connectivity index (χ0v) is 21.3. The minimum absolute atomic E-state index is 0.283. The van der Waals surface area contributed by atoms with Crippen LogP contribution in [-0.4, -0.2) is 40.8 Å². The third kappa shape index (κ3) is 5.28. The highest BCUT2D eigenvalue weighted by molar-refractivity contribution is 9.10. The number of benzene rings is 2. The highest BCUT2D eigenvalue weighted by Crippen LogP contribution is 2.34. The van der Waals surface area contributed by atoms with Crippen LogP contribution in [0, 0.1) is 0 Å². The summed E-state index contributed by atoms with van der Waals surface area (Å²) in [4.78, 5) is 21.7. The molecule has 0 bridgehead atoms. The van der Waals surface area contributed by atoms with E-state index in [9.17, 15) is 4.79 Å². The summed E-state index contributed by atoms with van der Waals surface area (Å²) in [6.45, 7) is 0.662. The molecule has 0 spiro atoms. The Bertz CT molecular complexity index is 1320. The summed E-state index contributed by atoms with van der Waals surface area (Å²) >= 11 is 15.9. The third-order valence-corrected chi connectivity index (χ3v) is 6.07. The molecule has 34 heavy (non-hydrogen) atoms. The lowest BCUT2D eigenvalue weighted by molar-refractivity contribution is 0.101. The molecule has 1 amide bonds. The zero-order valence-electron chi connectivity index (χ0n) is 18.2. The van der Waals surface area contributed by atoms with Crippen molar-refractivity contribution in [1.29, 1.82) is 0 Å². The molecule has 2 aromatic carbocycles. The Morgan fingerprint density at radius 2 is 1.82 bits per heavy atom. The molecule has 0 fully saturated rings. The first-order chi connectivity index (χ1) is 16.4. The average Bonchev–Trinajstić information content (AvgIpc) is 3.12. The molecule has 4 rings (SSSR count). The van der Waals surface area contributed by atoms with Crippen molar-refractivity contribution in [2.45, 2.75) is 0 Å². The van der Waals surface area contributed by atoms with Crippen molar-refractivity contribution < 1.29 is 14.3 Å². The van der Waals surface area contributed by atoms with Crippen LogP contribution in [0.1, 0.15) is 10.4 Å². The second-order valence-electron chi connectivity index (χ2n) is 7.24. The zero-order chi connectivity index (χ0) is 24.2. The number of amides is 1. The molecule has 4 aromatic rings. The number of fused-ring (bicyclic) bond motifs is 1. The van der Waals surface area contributed by atoms with Crippen LogP contribution in [0.5, 0.6) is 5.75 Å². The highest BCUT2D eigenvalue weighted by Gasteiger charge is 2.19. The molecule has 2 N–H and O–H groups in total. The number of ether oxygens (including phenoxy) is 2. The van der Waals surface area contributed by atoms with Crippen LogP contribution in [0.2, 0.25) is 10.0 Å². The number of nitrogens with zero attached hydrogens (tertiary/aromatic N) is 3. The molecule has 8 nitrogen and oxygen atoms in total. The lowest BCUT2D eigenvalue weighted by atomic mass is 10.1. The van der Waals surface area contributed by atoms with Crippen molar-refractivity contribution in [3.05, 3.63) is 68.9 Å². The number of pyridine rings is 1. The molecular weight excluding hydrogens is 545 g/mol. The number of imidazole rings is 1. The van der Waals surface area contributed by atoms with E-state index in [1.54, 1.807) is 31.4 Å². The summed E-state index contributed by atoms with van der Waals surface area (Å²) in [5, 5.41) is 6.76. The number of aryl methyl sites for hydroxylation is 1. The average molecular weight is 565 g/mol. The first kappa shape index (κ1) is 24.3. The number of carbonyl (C=O) groups excluding carboxylic acids is 1. The molecule has 11 heteroatoms. The van der Waals surface area contributed by atoms with Gasteiger partial charge in [-0.2, -0.15) is 0 Å². The van der Waals surface area contributed by atoms with Crippen LogP contribution in [0.15, 0.2) is 53.3 Å². The largest absolute Gasteiger partial charge is 0.490 e. The molecule has 0 aliphatic heterocycles. The number of methoxy groups -OCH3 is 1. The fourth-order valence-electron chi connectivity index (χ4n) is 3.24. The number of anilines is 3. The van der Waals surface area contributed by atoms with E-state index in [2.05, 4.69) is 36.5 Å². The minimum Gasteiger partial charge on any atom is -0.490 e. The molecule has 0 unspecified atom stereocenters. The lowest BCUT2D eigenvalue weighted by Gasteiger charge is -2.13. The van der Waals surface area contributed by atoms with Gasteiger partial charge < -0.3 is 24.7 Å². The Hall–Kier alpha value is -2.85.